The van der Waals surface area contributed by atoms with Crippen LogP contribution in [-0.4, -0.2) is 5.11 Å². The predicted octanol–water partition coefficient (Wildman–Crippen LogP) is 6.17. The molecule has 0 bridgehead atoms. The largest absolute Gasteiger partial charge is 0.456 e. The molecule has 6 rings (SSSR count). The second-order valence-corrected chi connectivity index (χ2v) is 8.62. The molecule has 2 atom stereocenters. The maximum absolute atomic E-state index is 11.7. The quantitative estimate of drug-likeness (QED) is 0.335. The van der Waals surface area contributed by atoms with Crippen LogP contribution in [0, 0.1) is 17.2 Å². The number of furan rings is 1. The number of benzene rings is 4. The Kier molecular flexibility index (Phi) is 4.75. The van der Waals surface area contributed by atoms with E-state index in [0.717, 1.165) is 27.5 Å². The molecule has 5 nitrogen and oxygen atoms in total. The number of nitriles is 1. The fraction of sp³-hybridized carbons (Fsp3) is 0.138. The molecule has 1 aliphatic rings. The Morgan fingerprint density at radius 2 is 1.32 bits per heavy atom. The highest BCUT2D eigenvalue weighted by atomic mass is 17.2. The Hall–Kier alpha value is -3.95. The van der Waals surface area contributed by atoms with E-state index in [1.54, 1.807) is 12.1 Å². The van der Waals surface area contributed by atoms with Crippen molar-refractivity contribution in [2.45, 2.75) is 17.8 Å². The second kappa shape index (κ2) is 7.82. The molecule has 0 aliphatic carbocycles. The summed E-state index contributed by atoms with van der Waals surface area (Å²) in [6, 6.07) is 34.7. The third-order valence-corrected chi connectivity index (χ3v) is 6.70. The summed E-state index contributed by atoms with van der Waals surface area (Å²) in [6.07, 6.45) is 0.201. The van der Waals surface area contributed by atoms with E-state index in [1.807, 2.05) is 91.0 Å². The first kappa shape index (κ1) is 20.6. The summed E-state index contributed by atoms with van der Waals surface area (Å²) < 4.78 is 5.99. The summed E-state index contributed by atoms with van der Waals surface area (Å²) in [6.45, 7) is 0. The van der Waals surface area contributed by atoms with Gasteiger partial charge in [0.2, 0.25) is 5.79 Å². The van der Waals surface area contributed by atoms with Crippen LogP contribution in [0.5, 0.6) is 0 Å². The van der Waals surface area contributed by atoms with Gasteiger partial charge in [0, 0.05) is 22.8 Å². The first-order chi connectivity index (χ1) is 16.6. The maximum Gasteiger partial charge on any atom is 0.241 e. The van der Waals surface area contributed by atoms with E-state index in [1.165, 1.54) is 0 Å². The molecule has 5 heteroatoms. The van der Waals surface area contributed by atoms with Crippen LogP contribution in [0.3, 0.4) is 0 Å². The molecule has 1 aromatic heterocycles. The Bertz CT molecular complexity index is 1480. The summed E-state index contributed by atoms with van der Waals surface area (Å²) in [5, 5.41) is 23.7. The lowest BCUT2D eigenvalue weighted by Crippen LogP contribution is -2.50. The SMILES string of the molecule is N#CC1CC(c2ccccc2)(c2ccccc2)OOC1(O)c1ccc2c(c1)oc1ccccc12. The van der Waals surface area contributed by atoms with Gasteiger partial charge in [-0.05, 0) is 23.3 Å². The molecule has 1 N–H and O–H groups in total. The molecule has 4 aromatic carbocycles. The van der Waals surface area contributed by atoms with Crippen molar-refractivity contribution in [3.63, 3.8) is 0 Å². The number of aliphatic hydroxyl groups is 1. The number of hydrogen-bond donors (Lipinski definition) is 1. The lowest BCUT2D eigenvalue weighted by atomic mass is 9.75. The smallest absolute Gasteiger partial charge is 0.241 e. The molecular formula is C29H21NO4. The van der Waals surface area contributed by atoms with Crippen molar-refractivity contribution in [2.24, 2.45) is 5.92 Å². The zero-order chi connectivity index (χ0) is 23.2. The average Bonchev–Trinajstić information content (AvgIpc) is 3.28. The van der Waals surface area contributed by atoms with Crippen molar-refractivity contribution in [3.05, 3.63) is 120 Å². The molecule has 2 unspecified atom stereocenters. The van der Waals surface area contributed by atoms with Crippen molar-refractivity contribution >= 4 is 21.9 Å². The van der Waals surface area contributed by atoms with E-state index in [4.69, 9.17) is 14.2 Å². The Morgan fingerprint density at radius 3 is 2.00 bits per heavy atom. The van der Waals surface area contributed by atoms with Gasteiger partial charge in [0.25, 0.3) is 0 Å². The van der Waals surface area contributed by atoms with Crippen molar-refractivity contribution in [1.82, 2.24) is 0 Å². The Morgan fingerprint density at radius 1 is 0.706 bits per heavy atom. The van der Waals surface area contributed by atoms with Gasteiger partial charge in [0.05, 0.1) is 6.07 Å². The minimum Gasteiger partial charge on any atom is -0.456 e. The molecule has 5 aromatic rings. The highest BCUT2D eigenvalue weighted by Gasteiger charge is 2.54. The zero-order valence-electron chi connectivity index (χ0n) is 18.2. The first-order valence-corrected chi connectivity index (χ1v) is 11.2. The molecule has 0 radical (unpaired) electrons. The van der Waals surface area contributed by atoms with Crippen LogP contribution in [0.1, 0.15) is 23.1 Å². The molecule has 1 saturated heterocycles. The van der Waals surface area contributed by atoms with Gasteiger partial charge < -0.3 is 9.52 Å². The van der Waals surface area contributed by atoms with E-state index in [9.17, 15) is 10.4 Å². The van der Waals surface area contributed by atoms with E-state index in [-0.39, 0.29) is 6.42 Å². The van der Waals surface area contributed by atoms with E-state index >= 15 is 0 Å². The molecular weight excluding hydrogens is 426 g/mol. The van der Waals surface area contributed by atoms with Crippen LogP contribution in [0.15, 0.2) is 108 Å². The van der Waals surface area contributed by atoms with Crippen molar-refractivity contribution in [1.29, 1.82) is 5.26 Å². The van der Waals surface area contributed by atoms with Gasteiger partial charge in [-0.3, -0.25) is 0 Å². The number of para-hydroxylation sites is 1. The zero-order valence-corrected chi connectivity index (χ0v) is 18.2. The standard InChI is InChI=1S/C29H21NO4/c30-19-23-18-28(20-9-3-1-4-10-20,21-11-5-2-6-12-21)33-34-29(23,31)22-15-16-25-24-13-7-8-14-26(24)32-27(25)17-22/h1-17,23,31H,18H2. The van der Waals surface area contributed by atoms with Crippen LogP contribution >= 0.6 is 0 Å². The lowest BCUT2D eigenvalue weighted by molar-refractivity contribution is -0.500. The normalized spacial score (nSPS) is 21.9. The van der Waals surface area contributed by atoms with Crippen LogP contribution in [0.25, 0.3) is 21.9 Å². The summed E-state index contributed by atoms with van der Waals surface area (Å²) in [7, 11) is 0. The number of rotatable bonds is 3. The van der Waals surface area contributed by atoms with Gasteiger partial charge in [-0.2, -0.15) is 10.1 Å². The molecule has 2 heterocycles. The Balaban J connectivity index is 1.45. The van der Waals surface area contributed by atoms with Crippen molar-refractivity contribution < 1.29 is 19.3 Å². The predicted molar refractivity (Wildman–Crippen MR) is 127 cm³/mol. The summed E-state index contributed by atoms with van der Waals surface area (Å²) in [4.78, 5) is 11.9. The molecule has 166 valence electrons. The van der Waals surface area contributed by atoms with Gasteiger partial charge in [0.1, 0.15) is 17.1 Å². The van der Waals surface area contributed by atoms with Crippen LogP contribution in [0.2, 0.25) is 0 Å². The van der Waals surface area contributed by atoms with E-state index < -0.39 is 17.3 Å². The first-order valence-electron chi connectivity index (χ1n) is 11.2. The highest BCUT2D eigenvalue weighted by molar-refractivity contribution is 6.04. The topological polar surface area (TPSA) is 75.6 Å². The van der Waals surface area contributed by atoms with Crippen LogP contribution in [-0.2, 0) is 21.2 Å². The average molecular weight is 447 g/mol. The van der Waals surface area contributed by atoms with Crippen molar-refractivity contribution in [3.8, 4) is 6.07 Å². The second-order valence-electron chi connectivity index (χ2n) is 8.62. The molecule has 34 heavy (non-hydrogen) atoms. The van der Waals surface area contributed by atoms with Gasteiger partial charge in [-0.25, -0.2) is 4.89 Å². The fourth-order valence-corrected chi connectivity index (χ4v) is 4.90. The maximum atomic E-state index is 11.7. The molecule has 1 aliphatic heterocycles. The summed E-state index contributed by atoms with van der Waals surface area (Å²) >= 11 is 0. The van der Waals surface area contributed by atoms with Gasteiger partial charge in [-0.1, -0.05) is 91.0 Å². The number of nitrogens with zero attached hydrogens (tertiary/aromatic N) is 1. The molecule has 0 spiro atoms. The van der Waals surface area contributed by atoms with E-state index in [0.29, 0.717) is 11.1 Å². The van der Waals surface area contributed by atoms with Gasteiger partial charge in [0.15, 0.2) is 5.60 Å². The van der Waals surface area contributed by atoms with Crippen LogP contribution < -0.4 is 0 Å². The van der Waals surface area contributed by atoms with Gasteiger partial charge >= 0.3 is 0 Å². The number of hydrogen-bond acceptors (Lipinski definition) is 5. The highest BCUT2D eigenvalue weighted by Crippen LogP contribution is 2.50. The van der Waals surface area contributed by atoms with Crippen molar-refractivity contribution in [2.75, 3.05) is 0 Å². The Labute approximate surface area is 196 Å². The summed E-state index contributed by atoms with van der Waals surface area (Å²) in [5.41, 5.74) is 2.41. The number of fused-ring (bicyclic) bond motifs is 3. The fourth-order valence-electron chi connectivity index (χ4n) is 4.90. The molecule has 0 saturated carbocycles. The molecule has 0 amide bonds. The van der Waals surface area contributed by atoms with E-state index in [2.05, 4.69) is 6.07 Å². The molecule has 1 fully saturated rings. The monoisotopic (exact) mass is 447 g/mol. The lowest BCUT2D eigenvalue weighted by Gasteiger charge is -2.45. The third-order valence-electron chi connectivity index (χ3n) is 6.70. The third kappa shape index (κ3) is 3.05. The minimum absolute atomic E-state index is 0.201. The van der Waals surface area contributed by atoms with Crippen LogP contribution in [0.4, 0.5) is 0 Å². The summed E-state index contributed by atoms with van der Waals surface area (Å²) in [5.74, 6) is -2.88. The van der Waals surface area contributed by atoms with Gasteiger partial charge in [-0.15, -0.1) is 0 Å². The minimum atomic E-state index is -1.96.